The minimum absolute atomic E-state index is 0.0850. The molecule has 0 saturated carbocycles. The van der Waals surface area contributed by atoms with E-state index in [1.807, 2.05) is 0 Å². The predicted octanol–water partition coefficient (Wildman–Crippen LogP) is 2.04. The average molecular weight is 400 g/mol. The van der Waals surface area contributed by atoms with Gasteiger partial charge < -0.3 is 10.3 Å². The van der Waals surface area contributed by atoms with Crippen molar-refractivity contribution in [1.29, 1.82) is 0 Å². The molecule has 2 aromatic carbocycles. The summed E-state index contributed by atoms with van der Waals surface area (Å²) in [6.07, 6.45) is 1.31. The molecule has 0 unspecified atom stereocenters. The number of carbonyl (C=O) groups is 1. The summed E-state index contributed by atoms with van der Waals surface area (Å²) < 4.78 is 26.3. The van der Waals surface area contributed by atoms with Crippen molar-refractivity contribution >= 4 is 32.5 Å². The van der Waals surface area contributed by atoms with Gasteiger partial charge in [0.15, 0.2) is 0 Å². The summed E-state index contributed by atoms with van der Waals surface area (Å²) in [6, 6.07) is 7.78. The van der Waals surface area contributed by atoms with Crippen LogP contribution in [-0.2, 0) is 10.0 Å². The van der Waals surface area contributed by atoms with E-state index in [4.69, 9.17) is 0 Å². The number of sulfonamides is 1. The van der Waals surface area contributed by atoms with E-state index in [2.05, 4.69) is 15.3 Å². The Morgan fingerprint density at radius 2 is 1.86 bits per heavy atom. The van der Waals surface area contributed by atoms with Crippen molar-refractivity contribution in [2.45, 2.75) is 18.7 Å². The van der Waals surface area contributed by atoms with Gasteiger partial charge in [0, 0.05) is 25.3 Å². The van der Waals surface area contributed by atoms with Crippen LogP contribution in [-0.4, -0.2) is 42.7 Å². The van der Waals surface area contributed by atoms with Crippen molar-refractivity contribution in [3.05, 3.63) is 63.7 Å². The van der Waals surface area contributed by atoms with Crippen molar-refractivity contribution in [2.75, 3.05) is 19.4 Å². The number of hydrogen-bond donors (Lipinski definition) is 2. The fraction of sp³-hybridized carbons (Fsp3) is 0.211. The number of anilines is 1. The molecule has 8 nitrogen and oxygen atoms in total. The monoisotopic (exact) mass is 400 g/mol. The molecule has 0 radical (unpaired) electrons. The highest BCUT2D eigenvalue weighted by molar-refractivity contribution is 7.89. The van der Waals surface area contributed by atoms with Crippen LogP contribution in [0.2, 0.25) is 0 Å². The standard InChI is InChI=1S/C19H20N4O4S/c1-11-7-13(8-17(12(11)2)28(26,27)23(3)4)18(24)22-14-5-6-16-15(9-14)19(25)21-10-20-16/h5-10H,1-4H3,(H,22,24)(H,20,21,25). The van der Waals surface area contributed by atoms with Crippen LogP contribution >= 0.6 is 0 Å². The van der Waals surface area contributed by atoms with Crippen LogP contribution in [0.15, 0.2) is 46.3 Å². The summed E-state index contributed by atoms with van der Waals surface area (Å²) in [6.45, 7) is 3.46. The Kier molecular flexibility index (Phi) is 5.05. The quantitative estimate of drug-likeness (QED) is 0.696. The maximum atomic E-state index is 12.7. The summed E-state index contributed by atoms with van der Waals surface area (Å²) in [7, 11) is -0.810. The fourth-order valence-electron chi connectivity index (χ4n) is 2.77. The van der Waals surface area contributed by atoms with Gasteiger partial charge in [0.05, 0.1) is 22.1 Å². The number of aromatic amines is 1. The van der Waals surface area contributed by atoms with E-state index in [0.29, 0.717) is 27.7 Å². The molecule has 1 heterocycles. The number of rotatable bonds is 4. The third kappa shape index (κ3) is 3.54. The number of carbonyl (C=O) groups excluding carboxylic acids is 1. The van der Waals surface area contributed by atoms with Gasteiger partial charge in [-0.05, 0) is 55.3 Å². The molecular weight excluding hydrogens is 380 g/mol. The number of amides is 1. The van der Waals surface area contributed by atoms with E-state index in [9.17, 15) is 18.0 Å². The normalized spacial score (nSPS) is 11.8. The second-order valence-corrected chi connectivity index (χ2v) is 8.74. The number of hydrogen-bond acceptors (Lipinski definition) is 5. The Labute approximate surface area is 162 Å². The van der Waals surface area contributed by atoms with Gasteiger partial charge in [-0.3, -0.25) is 9.59 Å². The smallest absolute Gasteiger partial charge is 0.258 e. The van der Waals surface area contributed by atoms with Crippen LogP contribution in [0.4, 0.5) is 5.69 Å². The van der Waals surface area contributed by atoms with Gasteiger partial charge in [0.2, 0.25) is 10.0 Å². The zero-order chi connectivity index (χ0) is 20.6. The van der Waals surface area contributed by atoms with Crippen molar-refractivity contribution in [2.24, 2.45) is 0 Å². The summed E-state index contributed by atoms with van der Waals surface area (Å²) in [5, 5.41) is 3.05. The third-order valence-corrected chi connectivity index (χ3v) is 6.48. The molecule has 9 heteroatoms. The molecule has 0 spiro atoms. The van der Waals surface area contributed by atoms with E-state index < -0.39 is 15.9 Å². The molecule has 28 heavy (non-hydrogen) atoms. The third-order valence-electron chi connectivity index (χ3n) is 4.54. The van der Waals surface area contributed by atoms with Crippen LogP contribution < -0.4 is 10.9 Å². The lowest BCUT2D eigenvalue weighted by Crippen LogP contribution is -2.24. The molecule has 3 rings (SSSR count). The lowest BCUT2D eigenvalue weighted by atomic mass is 10.1. The molecular formula is C19H20N4O4S. The molecule has 0 atom stereocenters. The van der Waals surface area contributed by atoms with Gasteiger partial charge in [0.25, 0.3) is 11.5 Å². The summed E-state index contributed by atoms with van der Waals surface area (Å²) >= 11 is 0. The first-order valence-corrected chi connectivity index (χ1v) is 9.88. The van der Waals surface area contributed by atoms with Crippen LogP contribution in [0.25, 0.3) is 10.9 Å². The maximum absolute atomic E-state index is 12.7. The second-order valence-electron chi connectivity index (χ2n) is 6.62. The van der Waals surface area contributed by atoms with E-state index in [-0.39, 0.29) is 16.0 Å². The topological polar surface area (TPSA) is 112 Å². The molecule has 0 fully saturated rings. The van der Waals surface area contributed by atoms with Gasteiger partial charge in [0.1, 0.15) is 0 Å². The zero-order valence-corrected chi connectivity index (χ0v) is 16.7. The summed E-state index contributed by atoms with van der Waals surface area (Å²) in [5.74, 6) is -0.474. The molecule has 0 aliphatic carbocycles. The van der Waals surface area contributed by atoms with Crippen molar-refractivity contribution in [3.63, 3.8) is 0 Å². The van der Waals surface area contributed by atoms with Gasteiger partial charge in [-0.1, -0.05) is 0 Å². The Bertz CT molecular complexity index is 1250. The van der Waals surface area contributed by atoms with Crippen molar-refractivity contribution in [1.82, 2.24) is 14.3 Å². The maximum Gasteiger partial charge on any atom is 0.258 e. The molecule has 3 aromatic rings. The van der Waals surface area contributed by atoms with E-state index in [1.165, 1.54) is 32.6 Å². The van der Waals surface area contributed by atoms with E-state index in [0.717, 1.165) is 4.31 Å². The fourth-order valence-corrected chi connectivity index (χ4v) is 3.99. The molecule has 146 valence electrons. The molecule has 2 N–H and O–H groups in total. The zero-order valence-electron chi connectivity index (χ0n) is 15.9. The number of nitrogens with zero attached hydrogens (tertiary/aromatic N) is 2. The van der Waals surface area contributed by atoms with Crippen molar-refractivity contribution < 1.29 is 13.2 Å². The first-order valence-electron chi connectivity index (χ1n) is 8.44. The van der Waals surface area contributed by atoms with Crippen LogP contribution in [0.1, 0.15) is 21.5 Å². The first kappa shape index (κ1) is 19.7. The van der Waals surface area contributed by atoms with Crippen LogP contribution in [0.3, 0.4) is 0 Å². The van der Waals surface area contributed by atoms with E-state index >= 15 is 0 Å². The van der Waals surface area contributed by atoms with Gasteiger partial charge in [-0.25, -0.2) is 17.7 Å². The minimum Gasteiger partial charge on any atom is -0.322 e. The lowest BCUT2D eigenvalue weighted by molar-refractivity contribution is 0.102. The Morgan fingerprint density at radius 1 is 1.14 bits per heavy atom. The Hall–Kier alpha value is -3.04. The average Bonchev–Trinajstić information content (AvgIpc) is 2.64. The molecule has 1 aromatic heterocycles. The molecule has 0 aliphatic heterocycles. The number of H-pyrrole nitrogens is 1. The molecule has 0 saturated heterocycles. The van der Waals surface area contributed by atoms with Crippen molar-refractivity contribution in [3.8, 4) is 0 Å². The number of fused-ring (bicyclic) bond motifs is 1. The SMILES string of the molecule is Cc1cc(C(=O)Nc2ccc3nc[nH]c(=O)c3c2)cc(S(=O)(=O)N(C)C)c1C. The summed E-state index contributed by atoms with van der Waals surface area (Å²) in [5.41, 5.74) is 2.09. The Morgan fingerprint density at radius 3 is 2.54 bits per heavy atom. The highest BCUT2D eigenvalue weighted by atomic mass is 32.2. The van der Waals surface area contributed by atoms with E-state index in [1.54, 1.807) is 32.0 Å². The largest absolute Gasteiger partial charge is 0.322 e. The number of aryl methyl sites for hydroxylation is 1. The van der Waals surface area contributed by atoms with Gasteiger partial charge in [-0.15, -0.1) is 0 Å². The number of benzene rings is 2. The van der Waals surface area contributed by atoms with Gasteiger partial charge >= 0.3 is 0 Å². The predicted molar refractivity (Wildman–Crippen MR) is 107 cm³/mol. The summed E-state index contributed by atoms with van der Waals surface area (Å²) in [4.78, 5) is 31.3. The van der Waals surface area contributed by atoms with Crippen LogP contribution in [0, 0.1) is 13.8 Å². The molecule has 1 amide bonds. The highest BCUT2D eigenvalue weighted by Gasteiger charge is 2.23. The van der Waals surface area contributed by atoms with Crippen LogP contribution in [0.5, 0.6) is 0 Å². The second kappa shape index (κ2) is 7.17. The molecule has 0 bridgehead atoms. The first-order chi connectivity index (χ1) is 13.1. The minimum atomic E-state index is -3.69. The van der Waals surface area contributed by atoms with Gasteiger partial charge in [-0.2, -0.15) is 0 Å². The number of nitrogens with one attached hydrogen (secondary N) is 2. The Balaban J connectivity index is 2.01. The molecule has 0 aliphatic rings. The lowest BCUT2D eigenvalue weighted by Gasteiger charge is -2.16. The number of aromatic nitrogens is 2. The highest BCUT2D eigenvalue weighted by Crippen LogP contribution is 2.24.